The van der Waals surface area contributed by atoms with Gasteiger partial charge in [0.1, 0.15) is 0 Å². The zero-order valence-electron chi connectivity index (χ0n) is 46.9. The Kier molecular flexibility index (Phi) is 2.46. The minimum atomic E-state index is 1.11. The lowest BCUT2D eigenvalue weighted by Gasteiger charge is -3.70. The fourth-order valence-corrected chi connectivity index (χ4v) is 70.5. The Morgan fingerprint density at radius 3 is 0.506 bits per heavy atom. The van der Waals surface area contributed by atoms with Gasteiger partial charge in [-0.25, -0.2) is 0 Å². The van der Waals surface area contributed by atoms with Gasteiger partial charge in [-0.3, -0.25) is 0 Å². The van der Waals surface area contributed by atoms with Crippen LogP contribution in [0.25, 0.3) is 0 Å². The first kappa shape index (κ1) is 32.7. The smallest absolute Gasteiger partial charge is 0.0000498 e. The molecule has 0 heteroatoms. The van der Waals surface area contributed by atoms with Crippen LogP contribution < -0.4 is 0 Å². The second-order valence-electron chi connectivity index (χ2n) is 48.0. The summed E-state index contributed by atoms with van der Waals surface area (Å²) in [7, 11) is 0. The van der Waals surface area contributed by atoms with Crippen LogP contribution in [-0.2, 0) is 0 Å². The van der Waals surface area contributed by atoms with E-state index in [4.69, 9.17) is 0 Å². The second kappa shape index (κ2) is 6.10. The topological polar surface area (TPSA) is 0 Å². The molecular weight excluding hydrogens is 973 g/mol. The van der Waals surface area contributed by atoms with Gasteiger partial charge in [0.2, 0.25) is 0 Å². The summed E-state index contributed by atoms with van der Waals surface area (Å²) in [6.45, 7) is 0. The fourth-order valence-electron chi connectivity index (χ4n) is 70.5. The maximum Gasteiger partial charge on any atom is -0.0000498 e. The summed E-state index contributed by atoms with van der Waals surface area (Å²) in [5.41, 5.74) is 28.5. The van der Waals surface area contributed by atoms with Crippen molar-refractivity contribution in [2.75, 3.05) is 0 Å². The van der Waals surface area contributed by atoms with E-state index in [2.05, 4.69) is 0 Å². The summed E-state index contributed by atoms with van der Waals surface area (Å²) in [4.78, 5) is 0. The van der Waals surface area contributed by atoms with E-state index in [-0.39, 0.29) is 0 Å². The van der Waals surface area contributed by atoms with Crippen molar-refractivity contribution in [2.45, 2.75) is 103 Å². The summed E-state index contributed by atoms with van der Waals surface area (Å²) in [5.74, 6) is 53.7. The van der Waals surface area contributed by atoms with Crippen LogP contribution in [0.1, 0.15) is 103 Å². The highest BCUT2D eigenvalue weighted by Crippen LogP contribution is 3.73. The molecule has 0 nitrogen and oxygen atoms in total. The Morgan fingerprint density at radius 2 is 0.346 bits per heavy atom. The van der Waals surface area contributed by atoms with Crippen molar-refractivity contribution in [1.29, 1.82) is 0 Å². The third kappa shape index (κ3) is 1.03. The first-order valence-corrected chi connectivity index (χ1v) is 40.3. The van der Waals surface area contributed by atoms with Gasteiger partial charge in [-0.05, 0) is 449 Å². The normalized spacial score (nSPS) is 117. The average Bonchev–Trinajstić information content (AvgIpc) is 0.418. The first-order chi connectivity index (χ1) is 40.3. The van der Waals surface area contributed by atoms with E-state index in [1.807, 2.05) is 25.7 Å². The molecule has 49 fully saturated rings. The molecule has 25 spiro atoms. The maximum absolute atomic E-state index is 1.86. The van der Waals surface area contributed by atoms with E-state index in [0.717, 1.165) is 135 Å². The van der Waals surface area contributed by atoms with Crippen molar-refractivity contribution in [3.8, 4) is 0 Å². The highest BCUT2D eigenvalue weighted by atomic mass is 15.7. The monoisotopic (exact) mass is 1040 g/mol. The molecule has 49 aliphatic carbocycles. The van der Waals surface area contributed by atoms with Crippen LogP contribution in [0.4, 0.5) is 0 Å². The van der Waals surface area contributed by atoms with Gasteiger partial charge in [-0.1, -0.05) is 25.7 Å². The number of rotatable bonds is 0. The van der Waals surface area contributed by atoms with Gasteiger partial charge in [-0.2, -0.15) is 0 Å². The van der Waals surface area contributed by atoms with E-state index < -0.39 is 0 Å². The number of hydrogen-bond donors (Lipinski definition) is 0. The molecule has 0 saturated heterocycles. The second-order valence-corrected chi connectivity index (χ2v) is 48.0. The van der Waals surface area contributed by atoms with E-state index >= 15 is 0 Å². The minimum Gasteiger partial charge on any atom is -0.0533 e. The molecule has 40 unspecified atom stereocenters. The first-order valence-electron chi connectivity index (χ1n) is 40.3. The van der Waals surface area contributed by atoms with Crippen molar-refractivity contribution in [3.63, 3.8) is 0 Å². The summed E-state index contributed by atoms with van der Waals surface area (Å²) in [5, 5.41) is 0. The molecule has 0 N–H and O–H groups in total. The molecule has 396 valence electrons. The van der Waals surface area contributed by atoms with Crippen molar-refractivity contribution in [2.24, 2.45) is 372 Å². The van der Waals surface area contributed by atoms with Gasteiger partial charge < -0.3 is 0 Å². The molecule has 0 aromatic rings. The van der Waals surface area contributed by atoms with Gasteiger partial charge in [0, 0.05) is 0 Å². The third-order valence-corrected chi connectivity index (χ3v) is 60.0. The van der Waals surface area contributed by atoms with Crippen LogP contribution in [0.5, 0.6) is 0 Å². The lowest BCUT2D eigenvalue weighted by Crippen LogP contribution is -3.69. The largest absolute Gasteiger partial charge is 0.0533 e. The molecule has 0 radical (unpaired) electrons. The molecule has 0 heterocycles. The maximum atomic E-state index is 1.86. The Balaban J connectivity index is 0.0000000870. The van der Waals surface area contributed by atoms with Crippen LogP contribution in [0, 0.1) is 372 Å². The van der Waals surface area contributed by atoms with E-state index in [0.29, 0.717) is 0 Å². The zero-order valence-corrected chi connectivity index (χ0v) is 46.9. The Labute approximate surface area is 472 Å². The van der Waals surface area contributed by atoms with E-state index in [1.54, 1.807) is 51.4 Å². The van der Waals surface area contributed by atoms with Gasteiger partial charge >= 0.3 is 0 Å². The van der Waals surface area contributed by atoms with Crippen LogP contribution in [0.15, 0.2) is 0 Å². The molecule has 81 heavy (non-hydrogen) atoms. The predicted molar refractivity (Wildman–Crippen MR) is 274 cm³/mol. The lowest BCUT2D eigenvalue weighted by atomic mass is 8.32. The third-order valence-electron chi connectivity index (χ3n) is 60.0. The van der Waals surface area contributed by atoms with Crippen LogP contribution in [-0.4, -0.2) is 0 Å². The molecule has 0 amide bonds. The molecule has 49 saturated carbocycles. The quantitative estimate of drug-likeness (QED) is 0.212. The molecule has 0 aliphatic heterocycles. The number of hydrogen-bond acceptors (Lipinski definition) is 0. The molecule has 0 aromatic heterocycles. The Hall–Kier alpha value is 0. The SMILES string of the molecule is C1C2C3C4C5C6CC7C8C9C%10C%11CC%12C%13C%14C%15C%16CC%17C%18C%19C%20C1C21C32C43C54C67C85C96C%107C%11%12C%138C%149C%15%10C%17%16C%18%11C%19%12C%201C21C32C45C63C78C94C%11%10C%121C234.C1CC2C1C1C2C2C3C4CCC4C3C12.C1CC2C1C1C2C2C3C4CCC4C3C12.C1CCC1. The molecule has 40 atom stereocenters. The Morgan fingerprint density at radius 1 is 0.160 bits per heavy atom. The fraction of sp³-hybridized carbons (Fsp3) is 1.00. The van der Waals surface area contributed by atoms with Crippen molar-refractivity contribution in [3.05, 3.63) is 0 Å². The molecule has 0 aromatic carbocycles. The predicted octanol–water partition coefficient (Wildman–Crippen LogP) is 11.2. The minimum absolute atomic E-state index is 1.11. The van der Waals surface area contributed by atoms with Crippen molar-refractivity contribution < 1.29 is 0 Å². The standard InChI is InChI=1S/C49H28.2C14H18.C4H8/c1-5-13-21-15-7-2-9-17-23-19-11-4-12-20-24-18-10-3-8-16-22-14-6(1)25(5)29(13)37(21)31(15)26(7,9)33(17)39(23)35(19)28(11,12)36(20)40(24)34(18)27(8,10)32(16)38(22)30(14,25)41(29)45(37)42(31,33)47(39)44(35,36)48(40)43(32,34)46(38,41)49(45,47)48;2*1-2-6-5(1)9-10(6)14-12-8-4-3-7(8)11(12)13(9)14;1-2-4-3-1/h5-24H,1-4H2;2*5-14H,1-4H2;1-4H2. The molecule has 49 aliphatic rings. The molecule has 49 rings (SSSR count). The van der Waals surface area contributed by atoms with Gasteiger partial charge in [0.05, 0.1) is 0 Å². The van der Waals surface area contributed by atoms with Crippen LogP contribution in [0.2, 0.25) is 0 Å². The van der Waals surface area contributed by atoms with Crippen molar-refractivity contribution >= 4 is 0 Å². The average molecular weight is 1050 g/mol. The lowest BCUT2D eigenvalue weighted by molar-refractivity contribution is -1.26. The molecular formula is C81H72. The van der Waals surface area contributed by atoms with Gasteiger partial charge in [-0.15, -0.1) is 0 Å². The summed E-state index contributed by atoms with van der Waals surface area (Å²) < 4.78 is 0. The van der Waals surface area contributed by atoms with E-state index in [1.165, 1.54) is 262 Å². The van der Waals surface area contributed by atoms with Crippen molar-refractivity contribution in [1.82, 2.24) is 0 Å². The highest BCUT2D eigenvalue weighted by molar-refractivity contribution is 6.17. The van der Waals surface area contributed by atoms with Gasteiger partial charge in [0.15, 0.2) is 0 Å². The van der Waals surface area contributed by atoms with E-state index in [9.17, 15) is 0 Å². The van der Waals surface area contributed by atoms with Gasteiger partial charge in [0.25, 0.3) is 0 Å². The number of fused-ring (bicyclic) bond motifs is 42. The Bertz CT molecular complexity index is 3830. The summed E-state index contributed by atoms with van der Waals surface area (Å²) >= 11 is 0. The van der Waals surface area contributed by atoms with Crippen LogP contribution in [0.3, 0.4) is 0 Å². The summed E-state index contributed by atoms with van der Waals surface area (Å²) in [6, 6.07) is 0. The van der Waals surface area contributed by atoms with Crippen LogP contribution >= 0.6 is 0 Å². The molecule has 0 bridgehead atoms. The summed E-state index contributed by atoms with van der Waals surface area (Å²) in [6.07, 6.45) is 26.4. The zero-order chi connectivity index (χ0) is 46.9. The highest BCUT2D eigenvalue weighted by Gasteiger charge is 3.73.